The Kier molecular flexibility index (Phi) is 5.35. The van der Waals surface area contributed by atoms with Gasteiger partial charge in [0.1, 0.15) is 4.90 Å². The van der Waals surface area contributed by atoms with Crippen molar-refractivity contribution in [2.75, 3.05) is 18.8 Å². The summed E-state index contributed by atoms with van der Waals surface area (Å²) in [5.74, 6) is -0.353. The van der Waals surface area contributed by atoms with Gasteiger partial charge in [-0.05, 0) is 27.7 Å². The molecule has 0 aliphatic rings. The van der Waals surface area contributed by atoms with Crippen molar-refractivity contribution >= 4 is 21.7 Å². The third-order valence-corrected chi connectivity index (χ3v) is 5.06. The molecule has 1 rings (SSSR count). The van der Waals surface area contributed by atoms with Crippen LogP contribution in [0.3, 0.4) is 0 Å². The van der Waals surface area contributed by atoms with Crippen LogP contribution >= 0.6 is 0 Å². The van der Waals surface area contributed by atoms with Gasteiger partial charge in [0.25, 0.3) is 0 Å². The lowest BCUT2D eigenvalue weighted by Crippen LogP contribution is -2.46. The van der Waals surface area contributed by atoms with E-state index >= 15 is 0 Å². The van der Waals surface area contributed by atoms with Gasteiger partial charge >= 0.3 is 0 Å². The minimum atomic E-state index is -3.90. The Hall–Kier alpha value is -1.61. The molecule has 1 heterocycles. The van der Waals surface area contributed by atoms with E-state index in [2.05, 4.69) is 9.82 Å². The fraction of sp³-hybridized carbons (Fsp3) is 0.667. The van der Waals surface area contributed by atoms with Crippen LogP contribution in [0.4, 0.5) is 5.82 Å². The van der Waals surface area contributed by atoms with Crippen LogP contribution in [0.15, 0.2) is 4.90 Å². The molecule has 1 unspecified atom stereocenters. The smallest absolute Gasteiger partial charge is 0.246 e. The molecule has 3 N–H and O–H groups in total. The maximum Gasteiger partial charge on any atom is 0.246 e. The lowest BCUT2D eigenvalue weighted by molar-refractivity contribution is -0.132. The van der Waals surface area contributed by atoms with Crippen molar-refractivity contribution in [2.24, 2.45) is 7.05 Å². The summed E-state index contributed by atoms with van der Waals surface area (Å²) in [6.45, 7) is 7.84. The maximum absolute atomic E-state index is 12.4. The number of sulfonamides is 1. The zero-order valence-corrected chi connectivity index (χ0v) is 13.9. The molecule has 0 bridgehead atoms. The molecule has 0 saturated carbocycles. The van der Waals surface area contributed by atoms with Gasteiger partial charge in [0, 0.05) is 20.1 Å². The Morgan fingerprint density at radius 3 is 2.33 bits per heavy atom. The number of nitrogen functional groups attached to an aromatic ring is 1. The summed E-state index contributed by atoms with van der Waals surface area (Å²) in [6, 6.07) is -0.867. The third-order valence-electron chi connectivity index (χ3n) is 3.35. The van der Waals surface area contributed by atoms with Gasteiger partial charge in [-0.1, -0.05) is 0 Å². The fourth-order valence-electron chi connectivity index (χ4n) is 2.10. The SMILES string of the molecule is CCN(CC)C(=O)C(C)NS(=O)(=O)c1c(N)nn(C)c1C. The maximum atomic E-state index is 12.4. The number of nitrogens with two attached hydrogens (primary N) is 1. The molecule has 8 nitrogen and oxygen atoms in total. The van der Waals surface area contributed by atoms with Crippen LogP contribution in [0.25, 0.3) is 0 Å². The third kappa shape index (κ3) is 3.53. The topological polar surface area (TPSA) is 110 Å². The van der Waals surface area contributed by atoms with Gasteiger partial charge in [0.15, 0.2) is 5.82 Å². The highest BCUT2D eigenvalue weighted by molar-refractivity contribution is 7.89. The normalized spacial score (nSPS) is 13.2. The van der Waals surface area contributed by atoms with Gasteiger partial charge in [-0.25, -0.2) is 8.42 Å². The quantitative estimate of drug-likeness (QED) is 0.758. The Morgan fingerprint density at radius 1 is 1.43 bits per heavy atom. The van der Waals surface area contributed by atoms with Gasteiger partial charge in [-0.2, -0.15) is 9.82 Å². The zero-order chi connectivity index (χ0) is 16.4. The van der Waals surface area contributed by atoms with E-state index in [1.165, 1.54) is 11.6 Å². The second-order valence-corrected chi connectivity index (χ2v) is 6.43. The molecule has 0 fully saturated rings. The summed E-state index contributed by atoms with van der Waals surface area (Å²) in [5, 5.41) is 3.88. The van der Waals surface area contributed by atoms with Crippen LogP contribution < -0.4 is 10.5 Å². The first kappa shape index (κ1) is 17.4. The van der Waals surface area contributed by atoms with E-state index in [9.17, 15) is 13.2 Å². The van der Waals surface area contributed by atoms with Gasteiger partial charge in [-0.3, -0.25) is 9.48 Å². The number of hydrogen-bond donors (Lipinski definition) is 2. The second-order valence-electron chi connectivity index (χ2n) is 4.78. The lowest BCUT2D eigenvalue weighted by atomic mass is 10.3. The second kappa shape index (κ2) is 6.44. The molecule has 1 aromatic heterocycles. The van der Waals surface area contributed by atoms with E-state index in [4.69, 9.17) is 5.73 Å². The van der Waals surface area contributed by atoms with Crippen LogP contribution in [0.5, 0.6) is 0 Å². The van der Waals surface area contributed by atoms with Crippen LogP contribution in [0.2, 0.25) is 0 Å². The number of anilines is 1. The standard InChI is InChI=1S/C12H23N5O3S/c1-6-17(7-2)12(18)8(3)15-21(19,20)10-9(4)16(5)14-11(10)13/h8,15H,6-7H2,1-5H3,(H2,13,14). The Labute approximate surface area is 125 Å². The van der Waals surface area contributed by atoms with E-state index in [1.807, 2.05) is 13.8 Å². The molecule has 1 amide bonds. The predicted molar refractivity (Wildman–Crippen MR) is 80.1 cm³/mol. The number of aromatic nitrogens is 2. The summed E-state index contributed by atoms with van der Waals surface area (Å²) >= 11 is 0. The zero-order valence-electron chi connectivity index (χ0n) is 13.0. The van der Waals surface area contributed by atoms with Crippen LogP contribution in [0, 0.1) is 6.92 Å². The average molecular weight is 317 g/mol. The van der Waals surface area contributed by atoms with Gasteiger partial charge in [0.2, 0.25) is 15.9 Å². The number of nitrogens with zero attached hydrogens (tertiary/aromatic N) is 3. The Morgan fingerprint density at radius 2 is 1.95 bits per heavy atom. The van der Waals surface area contributed by atoms with Crippen molar-refractivity contribution in [1.29, 1.82) is 0 Å². The average Bonchev–Trinajstić information content (AvgIpc) is 2.64. The highest BCUT2D eigenvalue weighted by atomic mass is 32.2. The summed E-state index contributed by atoms with van der Waals surface area (Å²) in [5.41, 5.74) is 6.06. The molecule has 9 heteroatoms. The molecule has 120 valence electrons. The van der Waals surface area contributed by atoms with Crippen molar-refractivity contribution in [1.82, 2.24) is 19.4 Å². The van der Waals surface area contributed by atoms with E-state index in [1.54, 1.807) is 18.9 Å². The summed E-state index contributed by atoms with van der Waals surface area (Å²) < 4.78 is 28.5. The van der Waals surface area contributed by atoms with E-state index in [0.717, 1.165) is 0 Å². The monoisotopic (exact) mass is 317 g/mol. The number of hydrogen-bond acceptors (Lipinski definition) is 5. The molecule has 0 saturated heterocycles. The van der Waals surface area contributed by atoms with Crippen molar-refractivity contribution < 1.29 is 13.2 Å². The summed E-state index contributed by atoms with van der Waals surface area (Å²) in [4.78, 5) is 13.6. The highest BCUT2D eigenvalue weighted by Crippen LogP contribution is 2.21. The van der Waals surface area contributed by atoms with Gasteiger partial charge in [-0.15, -0.1) is 0 Å². The lowest BCUT2D eigenvalue weighted by Gasteiger charge is -2.23. The molecule has 0 aromatic carbocycles. The van der Waals surface area contributed by atoms with Crippen molar-refractivity contribution in [3.05, 3.63) is 5.69 Å². The highest BCUT2D eigenvalue weighted by Gasteiger charge is 2.29. The van der Waals surface area contributed by atoms with Crippen LogP contribution in [0.1, 0.15) is 26.5 Å². The molecular weight excluding hydrogens is 294 g/mol. The van der Waals surface area contributed by atoms with Gasteiger partial charge in [0.05, 0.1) is 11.7 Å². The first-order chi connectivity index (χ1) is 9.65. The number of carbonyl (C=O) groups is 1. The largest absolute Gasteiger partial charge is 0.381 e. The molecule has 1 aromatic rings. The minimum Gasteiger partial charge on any atom is -0.381 e. The van der Waals surface area contributed by atoms with Crippen LogP contribution in [-0.4, -0.2) is 48.1 Å². The van der Waals surface area contributed by atoms with Crippen molar-refractivity contribution in [2.45, 2.75) is 38.6 Å². The number of rotatable bonds is 6. The number of carbonyl (C=O) groups excluding carboxylic acids is 1. The number of likely N-dealkylation sites (N-methyl/N-ethyl adjacent to an activating group) is 1. The van der Waals surface area contributed by atoms with Crippen molar-refractivity contribution in [3.8, 4) is 0 Å². The van der Waals surface area contributed by atoms with E-state index in [0.29, 0.717) is 18.8 Å². The number of aryl methyl sites for hydroxylation is 1. The van der Waals surface area contributed by atoms with E-state index < -0.39 is 16.1 Å². The fourth-order valence-corrected chi connectivity index (χ4v) is 3.62. The minimum absolute atomic E-state index is 0.0787. The van der Waals surface area contributed by atoms with E-state index in [-0.39, 0.29) is 16.6 Å². The molecule has 0 radical (unpaired) electrons. The molecule has 0 aliphatic carbocycles. The first-order valence-corrected chi connectivity index (χ1v) is 8.24. The van der Waals surface area contributed by atoms with Gasteiger partial charge < -0.3 is 10.6 Å². The molecule has 0 spiro atoms. The summed E-state index contributed by atoms with van der Waals surface area (Å²) in [7, 11) is -2.29. The molecule has 0 aliphatic heterocycles. The Bertz CT molecular complexity index is 619. The van der Waals surface area contributed by atoms with Crippen molar-refractivity contribution in [3.63, 3.8) is 0 Å². The predicted octanol–water partition coefficient (Wildman–Crippen LogP) is -0.154. The first-order valence-electron chi connectivity index (χ1n) is 6.75. The Balaban J connectivity index is 3.03. The molecular formula is C12H23N5O3S. The number of nitrogens with one attached hydrogen (secondary N) is 1. The summed E-state index contributed by atoms with van der Waals surface area (Å²) in [6.07, 6.45) is 0. The molecule has 21 heavy (non-hydrogen) atoms. The molecule has 1 atom stereocenters. The number of amides is 1. The van der Waals surface area contributed by atoms with Crippen LogP contribution in [-0.2, 0) is 21.9 Å².